The van der Waals surface area contributed by atoms with Gasteiger partial charge in [0.05, 0.1) is 23.5 Å². The van der Waals surface area contributed by atoms with Gasteiger partial charge in [0.15, 0.2) is 11.5 Å². The van der Waals surface area contributed by atoms with E-state index in [2.05, 4.69) is 25.4 Å². The summed E-state index contributed by atoms with van der Waals surface area (Å²) in [7, 11) is 0. The van der Waals surface area contributed by atoms with Gasteiger partial charge in [0.25, 0.3) is 5.91 Å². The molecule has 0 saturated carbocycles. The zero-order valence-electron chi connectivity index (χ0n) is 19.3. The van der Waals surface area contributed by atoms with Crippen LogP contribution in [0.25, 0.3) is 0 Å². The maximum absolute atomic E-state index is 12.9. The summed E-state index contributed by atoms with van der Waals surface area (Å²) in [4.78, 5) is 34.6. The molecule has 180 valence electrons. The monoisotopic (exact) mass is 473 g/mol. The van der Waals surface area contributed by atoms with Crippen molar-refractivity contribution in [3.05, 3.63) is 78.1 Å². The van der Waals surface area contributed by atoms with Crippen molar-refractivity contribution in [3.8, 4) is 11.5 Å². The van der Waals surface area contributed by atoms with E-state index in [9.17, 15) is 9.59 Å². The molecule has 2 amide bonds. The van der Waals surface area contributed by atoms with E-state index in [0.717, 1.165) is 38.4 Å². The quantitative estimate of drug-likeness (QED) is 0.545. The molecule has 2 N–H and O–H groups in total. The summed E-state index contributed by atoms with van der Waals surface area (Å²) in [5, 5.41) is 5.77. The lowest BCUT2D eigenvalue weighted by Crippen LogP contribution is -2.48. The van der Waals surface area contributed by atoms with Crippen LogP contribution >= 0.6 is 0 Å². The number of nitrogens with one attached hydrogen (secondary N) is 2. The van der Waals surface area contributed by atoms with Gasteiger partial charge < -0.3 is 20.1 Å². The molecule has 35 heavy (non-hydrogen) atoms. The molecule has 2 aliphatic heterocycles. The van der Waals surface area contributed by atoms with Gasteiger partial charge in [-0.3, -0.25) is 24.4 Å². The van der Waals surface area contributed by atoms with Crippen molar-refractivity contribution in [1.29, 1.82) is 0 Å². The molecule has 5 rings (SSSR count). The minimum absolute atomic E-state index is 0.147. The number of fused-ring (bicyclic) bond motifs is 1. The number of nitrogens with zero attached hydrogens (tertiary/aromatic N) is 3. The van der Waals surface area contributed by atoms with Crippen LogP contribution in [0, 0.1) is 0 Å². The highest BCUT2D eigenvalue weighted by atomic mass is 16.7. The van der Waals surface area contributed by atoms with Crippen molar-refractivity contribution in [3.63, 3.8) is 0 Å². The largest absolute Gasteiger partial charge is 0.454 e. The van der Waals surface area contributed by atoms with Gasteiger partial charge >= 0.3 is 0 Å². The molecule has 3 aromatic rings. The van der Waals surface area contributed by atoms with Crippen molar-refractivity contribution >= 4 is 23.2 Å². The standard InChI is InChI=1S/C26H27N5O4/c32-25(17-31-13-11-30(12-14-31)16-20-5-3-4-10-27-20)29-22-7-2-1-6-21(22)26(33)28-19-8-9-23-24(15-19)35-18-34-23/h1-10,15H,11-14,16-18H2,(H,28,33)(H,29,32). The van der Waals surface area contributed by atoms with Crippen molar-refractivity contribution in [2.75, 3.05) is 50.2 Å². The van der Waals surface area contributed by atoms with E-state index in [0.29, 0.717) is 28.4 Å². The van der Waals surface area contributed by atoms with E-state index in [4.69, 9.17) is 9.47 Å². The maximum Gasteiger partial charge on any atom is 0.257 e. The number of aromatic nitrogens is 1. The zero-order valence-corrected chi connectivity index (χ0v) is 19.3. The molecule has 0 atom stereocenters. The van der Waals surface area contributed by atoms with Crippen LogP contribution in [0.1, 0.15) is 16.1 Å². The molecule has 0 radical (unpaired) electrons. The van der Waals surface area contributed by atoms with Crippen LogP contribution in [-0.4, -0.2) is 66.1 Å². The molecule has 0 unspecified atom stereocenters. The van der Waals surface area contributed by atoms with Crippen LogP contribution in [0.3, 0.4) is 0 Å². The number of anilines is 2. The van der Waals surface area contributed by atoms with E-state index < -0.39 is 0 Å². The van der Waals surface area contributed by atoms with Gasteiger partial charge in [-0.1, -0.05) is 18.2 Å². The Morgan fingerprint density at radius 2 is 1.63 bits per heavy atom. The number of hydrogen-bond donors (Lipinski definition) is 2. The molecule has 1 fully saturated rings. The second-order valence-corrected chi connectivity index (χ2v) is 8.49. The summed E-state index contributed by atoms with van der Waals surface area (Å²) < 4.78 is 10.7. The first kappa shape index (κ1) is 22.8. The van der Waals surface area contributed by atoms with Gasteiger partial charge in [0.2, 0.25) is 12.7 Å². The third-order valence-corrected chi connectivity index (χ3v) is 6.02. The molecule has 0 aliphatic carbocycles. The molecule has 1 aromatic heterocycles. The second-order valence-electron chi connectivity index (χ2n) is 8.49. The lowest BCUT2D eigenvalue weighted by atomic mass is 10.1. The molecule has 3 heterocycles. The van der Waals surface area contributed by atoms with E-state index >= 15 is 0 Å². The number of carbonyl (C=O) groups excluding carboxylic acids is 2. The fraction of sp³-hybridized carbons (Fsp3) is 0.269. The van der Waals surface area contributed by atoms with Gasteiger partial charge in [0, 0.05) is 50.7 Å². The van der Waals surface area contributed by atoms with Crippen LogP contribution in [0.2, 0.25) is 0 Å². The molecule has 2 aliphatic rings. The van der Waals surface area contributed by atoms with Crippen molar-refractivity contribution in [1.82, 2.24) is 14.8 Å². The molecular weight excluding hydrogens is 446 g/mol. The number of amides is 2. The van der Waals surface area contributed by atoms with Crippen LogP contribution in [0.15, 0.2) is 66.9 Å². The average molecular weight is 474 g/mol. The first-order chi connectivity index (χ1) is 17.1. The van der Waals surface area contributed by atoms with Gasteiger partial charge in [-0.05, 0) is 36.4 Å². The third kappa shape index (κ3) is 5.76. The predicted molar refractivity (Wildman–Crippen MR) is 132 cm³/mol. The molecule has 9 nitrogen and oxygen atoms in total. The van der Waals surface area contributed by atoms with Crippen LogP contribution in [0.4, 0.5) is 11.4 Å². The SMILES string of the molecule is O=C(CN1CCN(Cc2ccccn2)CC1)Nc1ccccc1C(=O)Nc1ccc2c(c1)OCO2. The highest BCUT2D eigenvalue weighted by molar-refractivity contribution is 6.10. The minimum atomic E-state index is -0.317. The molecule has 0 bridgehead atoms. The number of pyridine rings is 1. The Morgan fingerprint density at radius 1 is 0.857 bits per heavy atom. The summed E-state index contributed by atoms with van der Waals surface area (Å²) in [5.74, 6) is 0.771. The van der Waals surface area contributed by atoms with Gasteiger partial charge in [0.1, 0.15) is 0 Å². The van der Waals surface area contributed by atoms with Gasteiger partial charge in [-0.2, -0.15) is 0 Å². The smallest absolute Gasteiger partial charge is 0.257 e. The van der Waals surface area contributed by atoms with Gasteiger partial charge in [-0.25, -0.2) is 0 Å². The number of rotatable bonds is 7. The van der Waals surface area contributed by atoms with Crippen LogP contribution < -0.4 is 20.1 Å². The third-order valence-electron chi connectivity index (χ3n) is 6.02. The normalized spacial score (nSPS) is 15.5. The average Bonchev–Trinajstić information content (AvgIpc) is 3.34. The Kier molecular flexibility index (Phi) is 6.87. The van der Waals surface area contributed by atoms with E-state index in [1.807, 2.05) is 24.4 Å². The summed E-state index contributed by atoms with van der Waals surface area (Å²) in [6.07, 6.45) is 1.81. The first-order valence-corrected chi connectivity index (χ1v) is 11.6. The number of carbonyl (C=O) groups is 2. The fourth-order valence-corrected chi connectivity index (χ4v) is 4.18. The predicted octanol–water partition coefficient (Wildman–Crippen LogP) is 2.82. The number of piperazine rings is 1. The Labute approximate surface area is 203 Å². The Bertz CT molecular complexity index is 1200. The number of benzene rings is 2. The topological polar surface area (TPSA) is 96.0 Å². The highest BCUT2D eigenvalue weighted by Crippen LogP contribution is 2.34. The highest BCUT2D eigenvalue weighted by Gasteiger charge is 2.21. The molecular formula is C26H27N5O4. The summed E-state index contributed by atoms with van der Waals surface area (Å²) in [6.45, 7) is 4.60. The Balaban J connectivity index is 1.14. The second kappa shape index (κ2) is 10.5. The molecule has 0 spiro atoms. The Morgan fingerprint density at radius 3 is 2.46 bits per heavy atom. The van der Waals surface area contributed by atoms with E-state index in [1.165, 1.54) is 0 Å². The van der Waals surface area contributed by atoms with Crippen molar-refractivity contribution < 1.29 is 19.1 Å². The van der Waals surface area contributed by atoms with E-state index in [-0.39, 0.29) is 25.2 Å². The van der Waals surface area contributed by atoms with Crippen molar-refractivity contribution in [2.24, 2.45) is 0 Å². The molecule has 1 saturated heterocycles. The van der Waals surface area contributed by atoms with Crippen LogP contribution in [-0.2, 0) is 11.3 Å². The Hall–Kier alpha value is -3.95. The number of ether oxygens (including phenoxy) is 2. The van der Waals surface area contributed by atoms with E-state index in [1.54, 1.807) is 42.5 Å². The van der Waals surface area contributed by atoms with Crippen LogP contribution in [0.5, 0.6) is 11.5 Å². The number of para-hydroxylation sites is 1. The summed E-state index contributed by atoms with van der Waals surface area (Å²) in [5.41, 5.74) is 2.50. The zero-order chi connectivity index (χ0) is 24.0. The minimum Gasteiger partial charge on any atom is -0.454 e. The fourth-order valence-electron chi connectivity index (χ4n) is 4.18. The van der Waals surface area contributed by atoms with Gasteiger partial charge in [-0.15, -0.1) is 0 Å². The lowest BCUT2D eigenvalue weighted by molar-refractivity contribution is -0.117. The lowest BCUT2D eigenvalue weighted by Gasteiger charge is -2.34. The van der Waals surface area contributed by atoms with Crippen molar-refractivity contribution in [2.45, 2.75) is 6.54 Å². The molecule has 2 aromatic carbocycles. The summed E-state index contributed by atoms with van der Waals surface area (Å²) in [6, 6.07) is 18.1. The molecule has 9 heteroatoms. The number of hydrogen-bond acceptors (Lipinski definition) is 7. The first-order valence-electron chi connectivity index (χ1n) is 11.6. The maximum atomic E-state index is 12.9. The summed E-state index contributed by atoms with van der Waals surface area (Å²) >= 11 is 0.